The second kappa shape index (κ2) is 7.35. The largest absolute Gasteiger partial charge is 0.444 e. The molecule has 0 spiro atoms. The molecule has 0 aromatic heterocycles. The first kappa shape index (κ1) is 17.8. The smallest absolute Gasteiger partial charge is 0.407 e. The number of amides is 1. The maximum atomic E-state index is 11.9. The Morgan fingerprint density at radius 3 is 2.52 bits per heavy atom. The number of carbonyl (C=O) groups excluding carboxylic acids is 1. The van der Waals surface area contributed by atoms with Crippen LogP contribution in [0.1, 0.15) is 64.1 Å². The van der Waals surface area contributed by atoms with E-state index in [0.717, 1.165) is 19.3 Å². The van der Waals surface area contributed by atoms with Gasteiger partial charge in [-0.3, -0.25) is 0 Å². The highest BCUT2D eigenvalue weighted by Gasteiger charge is 2.28. The molecule has 1 aliphatic carbocycles. The highest BCUT2D eigenvalue weighted by Crippen LogP contribution is 2.24. The van der Waals surface area contributed by atoms with Crippen molar-refractivity contribution in [2.45, 2.75) is 77.6 Å². The van der Waals surface area contributed by atoms with Gasteiger partial charge in [-0.1, -0.05) is 24.3 Å². The molecule has 1 aromatic carbocycles. The normalized spacial score (nSPS) is 22.7. The third-order valence-corrected chi connectivity index (χ3v) is 4.29. The second-order valence-electron chi connectivity index (χ2n) is 7.60. The molecule has 4 nitrogen and oxygen atoms in total. The molecular formula is C19H30N2O2. The van der Waals surface area contributed by atoms with Gasteiger partial charge in [-0.05, 0) is 65.0 Å². The number of carbonyl (C=O) groups is 1. The lowest BCUT2D eigenvalue weighted by molar-refractivity contribution is 0.0505. The Labute approximate surface area is 140 Å². The Balaban J connectivity index is 1.81. The van der Waals surface area contributed by atoms with E-state index in [1.54, 1.807) is 0 Å². The molecule has 1 saturated carbocycles. The van der Waals surface area contributed by atoms with E-state index in [9.17, 15) is 4.79 Å². The van der Waals surface area contributed by atoms with Crippen molar-refractivity contribution in [1.82, 2.24) is 10.6 Å². The number of benzene rings is 1. The van der Waals surface area contributed by atoms with Crippen LogP contribution in [0, 0.1) is 6.92 Å². The summed E-state index contributed by atoms with van der Waals surface area (Å²) in [6, 6.07) is 9.44. The van der Waals surface area contributed by atoms with Crippen molar-refractivity contribution < 1.29 is 9.53 Å². The first-order valence-corrected chi connectivity index (χ1v) is 8.55. The summed E-state index contributed by atoms with van der Waals surface area (Å²) in [6.45, 7) is 10.0. The van der Waals surface area contributed by atoms with Crippen molar-refractivity contribution in [3.8, 4) is 0 Å². The average molecular weight is 318 g/mol. The van der Waals surface area contributed by atoms with E-state index in [2.05, 4.69) is 48.7 Å². The molecule has 1 fully saturated rings. The fourth-order valence-electron chi connectivity index (χ4n) is 3.25. The van der Waals surface area contributed by atoms with Crippen molar-refractivity contribution in [3.05, 3.63) is 35.4 Å². The molecule has 0 heterocycles. The SMILES string of the molecule is Cc1ccccc1C(C)NC1CCC(NC(=O)OC(C)(C)C)C1. The molecule has 0 bridgehead atoms. The number of alkyl carbamates (subject to hydrolysis) is 1. The molecule has 1 aliphatic rings. The third-order valence-electron chi connectivity index (χ3n) is 4.29. The van der Waals surface area contributed by atoms with E-state index >= 15 is 0 Å². The first-order valence-electron chi connectivity index (χ1n) is 8.55. The molecule has 4 heteroatoms. The fourth-order valence-corrected chi connectivity index (χ4v) is 3.25. The van der Waals surface area contributed by atoms with Gasteiger partial charge in [-0.15, -0.1) is 0 Å². The summed E-state index contributed by atoms with van der Waals surface area (Å²) in [5, 5.41) is 6.68. The van der Waals surface area contributed by atoms with Crippen LogP contribution >= 0.6 is 0 Å². The lowest BCUT2D eigenvalue weighted by Crippen LogP contribution is -2.39. The van der Waals surface area contributed by atoms with E-state index < -0.39 is 5.60 Å². The summed E-state index contributed by atoms with van der Waals surface area (Å²) in [7, 11) is 0. The van der Waals surface area contributed by atoms with Crippen LogP contribution in [0.2, 0.25) is 0 Å². The number of nitrogens with one attached hydrogen (secondary N) is 2. The van der Waals surface area contributed by atoms with Gasteiger partial charge < -0.3 is 15.4 Å². The van der Waals surface area contributed by atoms with Crippen molar-refractivity contribution in [1.29, 1.82) is 0 Å². The zero-order valence-electron chi connectivity index (χ0n) is 15.0. The lowest BCUT2D eigenvalue weighted by Gasteiger charge is -2.23. The number of hydrogen-bond donors (Lipinski definition) is 2. The average Bonchev–Trinajstić information content (AvgIpc) is 2.83. The van der Waals surface area contributed by atoms with Gasteiger partial charge in [0.2, 0.25) is 0 Å². The highest BCUT2D eigenvalue weighted by atomic mass is 16.6. The number of ether oxygens (including phenoxy) is 1. The quantitative estimate of drug-likeness (QED) is 0.879. The molecule has 3 atom stereocenters. The van der Waals surface area contributed by atoms with Crippen LogP contribution in [-0.2, 0) is 4.74 Å². The van der Waals surface area contributed by atoms with Gasteiger partial charge in [-0.25, -0.2) is 4.79 Å². The molecule has 0 aliphatic heterocycles. The summed E-state index contributed by atoms with van der Waals surface area (Å²) in [5.41, 5.74) is 2.21. The Bertz CT molecular complexity index is 536. The second-order valence-corrected chi connectivity index (χ2v) is 7.60. The number of hydrogen-bond acceptors (Lipinski definition) is 3. The van der Waals surface area contributed by atoms with Gasteiger partial charge in [0.1, 0.15) is 5.60 Å². The van der Waals surface area contributed by atoms with Crippen molar-refractivity contribution in [2.75, 3.05) is 0 Å². The van der Waals surface area contributed by atoms with E-state index in [1.165, 1.54) is 11.1 Å². The molecule has 2 rings (SSSR count). The van der Waals surface area contributed by atoms with Gasteiger partial charge in [0.25, 0.3) is 0 Å². The Morgan fingerprint density at radius 2 is 1.87 bits per heavy atom. The number of aryl methyl sites for hydroxylation is 1. The van der Waals surface area contributed by atoms with Crippen LogP contribution in [0.3, 0.4) is 0 Å². The molecule has 0 radical (unpaired) electrons. The van der Waals surface area contributed by atoms with Gasteiger partial charge in [0.05, 0.1) is 0 Å². The summed E-state index contributed by atoms with van der Waals surface area (Å²) < 4.78 is 5.33. The first-order chi connectivity index (χ1) is 10.7. The fraction of sp³-hybridized carbons (Fsp3) is 0.632. The standard InChI is InChI=1S/C19H30N2O2/c1-13-8-6-7-9-17(13)14(2)20-15-10-11-16(12-15)21-18(22)23-19(3,4)5/h6-9,14-16,20H,10-12H2,1-5H3,(H,21,22). The summed E-state index contributed by atoms with van der Waals surface area (Å²) in [5.74, 6) is 0. The zero-order chi connectivity index (χ0) is 17.0. The van der Waals surface area contributed by atoms with E-state index in [0.29, 0.717) is 12.1 Å². The van der Waals surface area contributed by atoms with E-state index in [1.807, 2.05) is 20.8 Å². The molecule has 2 N–H and O–H groups in total. The van der Waals surface area contributed by atoms with Crippen molar-refractivity contribution in [3.63, 3.8) is 0 Å². The van der Waals surface area contributed by atoms with Gasteiger partial charge >= 0.3 is 6.09 Å². The van der Waals surface area contributed by atoms with E-state index in [-0.39, 0.29) is 12.1 Å². The summed E-state index contributed by atoms with van der Waals surface area (Å²) in [4.78, 5) is 11.9. The topological polar surface area (TPSA) is 50.4 Å². The summed E-state index contributed by atoms with van der Waals surface area (Å²) in [6.07, 6.45) is 2.72. The van der Waals surface area contributed by atoms with Crippen LogP contribution in [0.25, 0.3) is 0 Å². The minimum Gasteiger partial charge on any atom is -0.444 e. The Hall–Kier alpha value is -1.55. The van der Waals surface area contributed by atoms with Crippen LogP contribution in [-0.4, -0.2) is 23.8 Å². The van der Waals surface area contributed by atoms with E-state index in [4.69, 9.17) is 4.74 Å². The molecule has 0 saturated heterocycles. The van der Waals surface area contributed by atoms with Crippen LogP contribution < -0.4 is 10.6 Å². The molecule has 1 aromatic rings. The molecule has 1 amide bonds. The molecule has 23 heavy (non-hydrogen) atoms. The number of rotatable bonds is 4. The minimum atomic E-state index is -0.445. The Morgan fingerprint density at radius 1 is 1.22 bits per heavy atom. The molecular weight excluding hydrogens is 288 g/mol. The van der Waals surface area contributed by atoms with Crippen molar-refractivity contribution in [2.24, 2.45) is 0 Å². The molecule has 3 unspecified atom stereocenters. The minimum absolute atomic E-state index is 0.200. The third kappa shape index (κ3) is 5.54. The maximum Gasteiger partial charge on any atom is 0.407 e. The Kier molecular flexibility index (Phi) is 5.69. The van der Waals surface area contributed by atoms with Crippen LogP contribution in [0.4, 0.5) is 4.79 Å². The maximum absolute atomic E-state index is 11.9. The predicted molar refractivity (Wildman–Crippen MR) is 93.5 cm³/mol. The zero-order valence-corrected chi connectivity index (χ0v) is 15.0. The molecule has 128 valence electrons. The highest BCUT2D eigenvalue weighted by molar-refractivity contribution is 5.68. The monoisotopic (exact) mass is 318 g/mol. The predicted octanol–water partition coefficient (Wildman–Crippen LogP) is 4.09. The lowest BCUT2D eigenvalue weighted by atomic mass is 10.0. The van der Waals surface area contributed by atoms with Gasteiger partial charge in [0, 0.05) is 18.1 Å². The van der Waals surface area contributed by atoms with Gasteiger partial charge in [0.15, 0.2) is 0 Å². The summed E-state index contributed by atoms with van der Waals surface area (Å²) >= 11 is 0. The van der Waals surface area contributed by atoms with Crippen molar-refractivity contribution >= 4 is 6.09 Å². The van der Waals surface area contributed by atoms with Crippen LogP contribution in [0.5, 0.6) is 0 Å². The van der Waals surface area contributed by atoms with Gasteiger partial charge in [-0.2, -0.15) is 0 Å². The van der Waals surface area contributed by atoms with Crippen LogP contribution in [0.15, 0.2) is 24.3 Å².